The summed E-state index contributed by atoms with van der Waals surface area (Å²) < 4.78 is 4.37. The van der Waals surface area contributed by atoms with Crippen LogP contribution in [0.25, 0.3) is 0 Å². The van der Waals surface area contributed by atoms with Gasteiger partial charge in [0.1, 0.15) is 9.85 Å². The quantitative estimate of drug-likeness (QED) is 0.216. The van der Waals surface area contributed by atoms with Crippen LogP contribution >= 0.6 is 0 Å². The molecule has 0 saturated carbocycles. The highest BCUT2D eigenvalue weighted by Gasteiger charge is 2.52. The third-order valence-corrected chi connectivity index (χ3v) is 1.61. The average molecular weight is 218 g/mol. The van der Waals surface area contributed by atoms with Crippen molar-refractivity contribution >= 4 is 5.97 Å². The molecule has 8 nitrogen and oxygen atoms in total. The molecule has 0 aromatic heterocycles. The zero-order valence-corrected chi connectivity index (χ0v) is 8.26. The van der Waals surface area contributed by atoms with E-state index in [1.807, 2.05) is 0 Å². The van der Waals surface area contributed by atoms with Crippen molar-refractivity contribution in [2.24, 2.45) is 0 Å². The third-order valence-electron chi connectivity index (χ3n) is 1.61. The minimum absolute atomic E-state index is 0.0176. The second kappa shape index (κ2) is 4.49. The zero-order chi connectivity index (χ0) is 12.2. The summed E-state index contributed by atoms with van der Waals surface area (Å²) in [6.45, 7) is 4.39. The van der Waals surface area contributed by atoms with Crippen LogP contribution < -0.4 is 0 Å². The predicted molar refractivity (Wildman–Crippen MR) is 48.2 cm³/mol. The average Bonchev–Trinajstić information content (AvgIpc) is 2.12. The number of carbonyl (C=O) groups is 1. The second-order valence-electron chi connectivity index (χ2n) is 3.09. The van der Waals surface area contributed by atoms with Gasteiger partial charge in [-0.3, -0.25) is 20.2 Å². The Bertz CT molecular complexity index is 309. The largest absolute Gasteiger partial charge is 0.488 e. The fraction of sp³-hybridized carbons (Fsp3) is 0.571. The number of carbonyl (C=O) groups excluding carboxylic acids is 1. The van der Waals surface area contributed by atoms with Gasteiger partial charge in [0.2, 0.25) is 6.61 Å². The van der Waals surface area contributed by atoms with Crippen LogP contribution in [0.2, 0.25) is 0 Å². The summed E-state index contributed by atoms with van der Waals surface area (Å²) in [5.41, 5.74) is -2.51. The van der Waals surface area contributed by atoms with Gasteiger partial charge < -0.3 is 4.74 Å². The van der Waals surface area contributed by atoms with Crippen LogP contribution in [0.4, 0.5) is 0 Å². The van der Waals surface area contributed by atoms with Crippen molar-refractivity contribution in [1.29, 1.82) is 0 Å². The van der Waals surface area contributed by atoms with E-state index < -0.39 is 28.1 Å². The van der Waals surface area contributed by atoms with Gasteiger partial charge in [-0.25, -0.2) is 4.79 Å². The minimum atomic E-state index is -2.52. The number of hydrogen-bond donors (Lipinski definition) is 0. The van der Waals surface area contributed by atoms with Crippen molar-refractivity contribution in [3.8, 4) is 0 Å². The lowest BCUT2D eigenvalue weighted by atomic mass is 10.2. The first-order valence-corrected chi connectivity index (χ1v) is 3.83. The van der Waals surface area contributed by atoms with Gasteiger partial charge in [-0.2, -0.15) is 0 Å². The molecule has 0 heterocycles. The molecule has 0 spiro atoms. The molecule has 0 rings (SSSR count). The van der Waals surface area contributed by atoms with Crippen molar-refractivity contribution in [2.75, 3.05) is 6.61 Å². The molecule has 0 atom stereocenters. The maximum Gasteiger partial charge on any atom is 0.488 e. The molecular formula is C7H10N2O6. The standard InChI is InChI=1S/C7H10N2O6/c1-5(2)6(10)15-4-7(3,8(11)12)9(13)14/h1,4H2,2-3H3. The Morgan fingerprint density at radius 1 is 1.40 bits per heavy atom. The van der Waals surface area contributed by atoms with E-state index in [9.17, 15) is 25.0 Å². The Kier molecular flexibility index (Phi) is 3.89. The van der Waals surface area contributed by atoms with Gasteiger partial charge in [0.25, 0.3) is 0 Å². The topological polar surface area (TPSA) is 113 Å². The molecule has 0 aromatic rings. The maximum atomic E-state index is 10.9. The first-order chi connectivity index (χ1) is 6.71. The summed E-state index contributed by atoms with van der Waals surface area (Å²) in [6, 6.07) is 0. The van der Waals surface area contributed by atoms with Crippen molar-refractivity contribution in [3.63, 3.8) is 0 Å². The summed E-state index contributed by atoms with van der Waals surface area (Å²) in [4.78, 5) is 29.4. The first-order valence-electron chi connectivity index (χ1n) is 3.83. The van der Waals surface area contributed by atoms with Crippen molar-refractivity contribution < 1.29 is 19.4 Å². The molecule has 0 aliphatic heterocycles. The molecule has 0 aliphatic carbocycles. The van der Waals surface area contributed by atoms with E-state index in [-0.39, 0.29) is 5.57 Å². The number of rotatable bonds is 5. The van der Waals surface area contributed by atoms with Gasteiger partial charge in [-0.15, -0.1) is 0 Å². The highest BCUT2D eigenvalue weighted by molar-refractivity contribution is 5.86. The lowest BCUT2D eigenvalue weighted by Gasteiger charge is -2.12. The van der Waals surface area contributed by atoms with Gasteiger partial charge in [0, 0.05) is 5.57 Å². The zero-order valence-electron chi connectivity index (χ0n) is 8.26. The monoisotopic (exact) mass is 218 g/mol. The van der Waals surface area contributed by atoms with Crippen molar-refractivity contribution in [2.45, 2.75) is 19.5 Å². The molecule has 0 N–H and O–H groups in total. The molecule has 0 aromatic carbocycles. The van der Waals surface area contributed by atoms with Crippen LogP contribution in [0, 0.1) is 20.2 Å². The van der Waals surface area contributed by atoms with Crippen LogP contribution in [0.5, 0.6) is 0 Å². The van der Waals surface area contributed by atoms with E-state index in [4.69, 9.17) is 0 Å². The molecule has 15 heavy (non-hydrogen) atoms. The Labute approximate surface area is 84.8 Å². The second-order valence-corrected chi connectivity index (χ2v) is 3.09. The van der Waals surface area contributed by atoms with Gasteiger partial charge in [0.05, 0.1) is 6.92 Å². The van der Waals surface area contributed by atoms with E-state index in [1.165, 1.54) is 6.92 Å². The SMILES string of the molecule is C=C(C)C(=O)OCC(C)([N+](=O)[O-])[N+](=O)[O-]. The number of esters is 1. The predicted octanol–water partition coefficient (Wildman–Crippen LogP) is 0.375. The lowest BCUT2D eigenvalue weighted by molar-refractivity contribution is -0.793. The molecule has 84 valence electrons. The number of ether oxygens (including phenoxy) is 1. The molecule has 0 fully saturated rings. The minimum Gasteiger partial charge on any atom is -0.446 e. The third kappa shape index (κ3) is 3.01. The Hall–Kier alpha value is -1.99. The van der Waals surface area contributed by atoms with Crippen LogP contribution in [-0.4, -0.2) is 28.1 Å². The summed E-state index contributed by atoms with van der Waals surface area (Å²) in [7, 11) is 0. The van der Waals surface area contributed by atoms with Crippen LogP contribution in [0.1, 0.15) is 13.8 Å². The summed E-state index contributed by atoms with van der Waals surface area (Å²) in [5, 5.41) is 20.8. The highest BCUT2D eigenvalue weighted by atomic mass is 16.7. The molecule has 8 heteroatoms. The first kappa shape index (κ1) is 13.0. The van der Waals surface area contributed by atoms with E-state index >= 15 is 0 Å². The number of nitrogens with zero attached hydrogens (tertiary/aromatic N) is 2. The van der Waals surface area contributed by atoms with Crippen LogP contribution in [0.15, 0.2) is 12.2 Å². The van der Waals surface area contributed by atoms with E-state index in [2.05, 4.69) is 11.3 Å². The fourth-order valence-corrected chi connectivity index (χ4v) is 0.498. The lowest BCUT2D eigenvalue weighted by Crippen LogP contribution is -2.47. The summed E-state index contributed by atoms with van der Waals surface area (Å²) >= 11 is 0. The van der Waals surface area contributed by atoms with Gasteiger partial charge in [-0.05, 0) is 6.92 Å². The normalized spacial score (nSPS) is 10.5. The maximum absolute atomic E-state index is 10.9. The molecule has 0 radical (unpaired) electrons. The Balaban J connectivity index is 4.60. The molecular weight excluding hydrogens is 208 g/mol. The van der Waals surface area contributed by atoms with E-state index in [0.29, 0.717) is 0 Å². The van der Waals surface area contributed by atoms with Gasteiger partial charge >= 0.3 is 11.6 Å². The molecule has 0 saturated heterocycles. The van der Waals surface area contributed by atoms with Crippen molar-refractivity contribution in [1.82, 2.24) is 0 Å². The molecule has 0 aliphatic rings. The van der Waals surface area contributed by atoms with Crippen LogP contribution in [0.3, 0.4) is 0 Å². The van der Waals surface area contributed by atoms with E-state index in [0.717, 1.165) is 6.92 Å². The fourth-order valence-electron chi connectivity index (χ4n) is 0.498. The number of nitro groups is 2. The smallest absolute Gasteiger partial charge is 0.446 e. The van der Waals surface area contributed by atoms with Gasteiger partial charge in [0.15, 0.2) is 0 Å². The molecule has 0 bridgehead atoms. The van der Waals surface area contributed by atoms with Crippen LogP contribution in [-0.2, 0) is 9.53 Å². The Morgan fingerprint density at radius 2 is 1.80 bits per heavy atom. The number of hydrogen-bond acceptors (Lipinski definition) is 6. The summed E-state index contributed by atoms with van der Waals surface area (Å²) in [6.07, 6.45) is 0. The van der Waals surface area contributed by atoms with E-state index in [1.54, 1.807) is 0 Å². The molecule has 0 amide bonds. The van der Waals surface area contributed by atoms with Gasteiger partial charge in [-0.1, -0.05) is 6.58 Å². The highest BCUT2D eigenvalue weighted by Crippen LogP contribution is 2.11. The Morgan fingerprint density at radius 3 is 2.07 bits per heavy atom. The summed E-state index contributed by atoms with van der Waals surface area (Å²) in [5.74, 6) is -0.898. The van der Waals surface area contributed by atoms with Crippen molar-refractivity contribution in [3.05, 3.63) is 32.4 Å². The molecule has 0 unspecified atom stereocenters.